The maximum absolute atomic E-state index is 12.3. The van der Waals surface area contributed by atoms with Gasteiger partial charge in [-0.25, -0.2) is 4.98 Å². The van der Waals surface area contributed by atoms with Crippen LogP contribution in [0.2, 0.25) is 0 Å². The summed E-state index contributed by atoms with van der Waals surface area (Å²) < 4.78 is 10.2. The molecule has 0 spiro atoms. The molecule has 9 nitrogen and oxygen atoms in total. The quantitative estimate of drug-likeness (QED) is 0.199. The number of benzene rings is 3. The molecule has 1 aromatic heterocycles. The monoisotopic (exact) mass is 445 g/mol. The lowest BCUT2D eigenvalue weighted by atomic mass is 10.0. The van der Waals surface area contributed by atoms with E-state index in [-0.39, 0.29) is 23.6 Å². The molecule has 0 atom stereocenters. The summed E-state index contributed by atoms with van der Waals surface area (Å²) in [5.41, 5.74) is 1.07. The first-order chi connectivity index (χ1) is 16.0. The Morgan fingerprint density at radius 1 is 1.00 bits per heavy atom. The number of aromatic nitrogens is 1. The van der Waals surface area contributed by atoms with Crippen molar-refractivity contribution in [3.63, 3.8) is 0 Å². The van der Waals surface area contributed by atoms with Crippen LogP contribution in [0, 0.1) is 10.1 Å². The van der Waals surface area contributed by atoms with Crippen LogP contribution in [0.25, 0.3) is 21.7 Å². The molecule has 1 amide bonds. The van der Waals surface area contributed by atoms with Crippen LogP contribution in [-0.2, 0) is 16.1 Å². The van der Waals surface area contributed by atoms with Gasteiger partial charge in [-0.2, -0.15) is 0 Å². The van der Waals surface area contributed by atoms with E-state index in [2.05, 4.69) is 10.3 Å². The second-order valence-electron chi connectivity index (χ2n) is 7.11. The van der Waals surface area contributed by atoms with Crippen molar-refractivity contribution in [1.82, 2.24) is 10.3 Å². The number of nitro groups is 1. The third-order valence-corrected chi connectivity index (χ3v) is 5.09. The van der Waals surface area contributed by atoms with Crippen LogP contribution in [0.1, 0.15) is 16.1 Å². The van der Waals surface area contributed by atoms with Crippen LogP contribution in [0.5, 0.6) is 5.75 Å². The molecular weight excluding hydrogens is 426 g/mol. The van der Waals surface area contributed by atoms with Gasteiger partial charge >= 0.3 is 11.7 Å². The van der Waals surface area contributed by atoms with E-state index in [1.165, 1.54) is 19.2 Å². The topological polar surface area (TPSA) is 121 Å². The second-order valence-corrected chi connectivity index (χ2v) is 7.11. The molecule has 0 aliphatic rings. The molecule has 0 unspecified atom stereocenters. The highest BCUT2D eigenvalue weighted by atomic mass is 16.6. The summed E-state index contributed by atoms with van der Waals surface area (Å²) in [6, 6.07) is 19.2. The fraction of sp³-hybridized carbons (Fsp3) is 0.125. The molecule has 0 aliphatic heterocycles. The molecule has 0 radical (unpaired) electrons. The Kier molecular flexibility index (Phi) is 6.12. The number of rotatable bonds is 7. The van der Waals surface area contributed by atoms with E-state index < -0.39 is 23.3 Å². The summed E-state index contributed by atoms with van der Waals surface area (Å²) in [5.74, 6) is -1.27. The minimum Gasteiger partial charge on any atom is -0.490 e. The standard InChI is InChI=1S/C24H19N3O6/c1-32-22-11-10-15(12-21(22)27(30)31)24(29)25-13-23(28)33-14-20-18-8-3-2-6-16(18)17-7-4-5-9-19(17)26-20/h2-12H,13-14H2,1H3,(H,25,29). The summed E-state index contributed by atoms with van der Waals surface area (Å²) in [6.45, 7) is -0.460. The second kappa shape index (κ2) is 9.31. The Hall–Kier alpha value is -4.53. The zero-order chi connectivity index (χ0) is 23.4. The average molecular weight is 445 g/mol. The van der Waals surface area contributed by atoms with E-state index in [4.69, 9.17) is 9.47 Å². The average Bonchev–Trinajstić information content (AvgIpc) is 2.85. The number of ether oxygens (including phenoxy) is 2. The Balaban J connectivity index is 1.43. The lowest BCUT2D eigenvalue weighted by Crippen LogP contribution is -2.30. The van der Waals surface area contributed by atoms with Gasteiger partial charge in [-0.1, -0.05) is 42.5 Å². The highest BCUT2D eigenvalue weighted by Gasteiger charge is 2.19. The number of carbonyl (C=O) groups is 2. The van der Waals surface area contributed by atoms with Gasteiger partial charge in [0.15, 0.2) is 5.75 Å². The molecular formula is C24H19N3O6. The van der Waals surface area contributed by atoms with Crippen LogP contribution >= 0.6 is 0 Å². The van der Waals surface area contributed by atoms with Crippen molar-refractivity contribution in [2.24, 2.45) is 0 Å². The number of hydrogen-bond acceptors (Lipinski definition) is 7. The number of carbonyl (C=O) groups excluding carboxylic acids is 2. The van der Waals surface area contributed by atoms with E-state index in [1.807, 2.05) is 48.5 Å². The third-order valence-electron chi connectivity index (χ3n) is 5.09. The van der Waals surface area contributed by atoms with Crippen LogP contribution in [0.4, 0.5) is 5.69 Å². The summed E-state index contributed by atoms with van der Waals surface area (Å²) in [5, 5.41) is 16.4. The number of nitrogens with one attached hydrogen (secondary N) is 1. The van der Waals surface area contributed by atoms with Crippen LogP contribution in [0.15, 0.2) is 66.7 Å². The van der Waals surface area contributed by atoms with Gasteiger partial charge in [0.25, 0.3) is 5.91 Å². The van der Waals surface area contributed by atoms with Gasteiger partial charge < -0.3 is 14.8 Å². The molecule has 3 aromatic carbocycles. The lowest BCUT2D eigenvalue weighted by Gasteiger charge is -2.11. The van der Waals surface area contributed by atoms with Gasteiger partial charge in [0.05, 0.1) is 23.2 Å². The fourth-order valence-corrected chi connectivity index (χ4v) is 3.51. The Bertz CT molecular complexity index is 1390. The zero-order valence-electron chi connectivity index (χ0n) is 17.6. The van der Waals surface area contributed by atoms with Crippen molar-refractivity contribution in [3.05, 3.63) is 88.1 Å². The van der Waals surface area contributed by atoms with Gasteiger partial charge in [-0.05, 0) is 23.6 Å². The largest absolute Gasteiger partial charge is 0.490 e. The zero-order valence-corrected chi connectivity index (χ0v) is 17.6. The normalized spacial score (nSPS) is 10.7. The molecule has 166 valence electrons. The molecule has 1 heterocycles. The van der Waals surface area contributed by atoms with Crippen LogP contribution < -0.4 is 10.1 Å². The third kappa shape index (κ3) is 4.57. The van der Waals surface area contributed by atoms with Crippen LogP contribution in [-0.4, -0.2) is 35.4 Å². The van der Waals surface area contributed by atoms with Crippen molar-refractivity contribution in [1.29, 1.82) is 0 Å². The number of nitrogens with zero attached hydrogens (tertiary/aromatic N) is 2. The summed E-state index contributed by atoms with van der Waals surface area (Å²) in [7, 11) is 1.30. The Morgan fingerprint density at radius 3 is 2.42 bits per heavy atom. The van der Waals surface area contributed by atoms with Crippen molar-refractivity contribution in [3.8, 4) is 5.75 Å². The number of amides is 1. The van der Waals surface area contributed by atoms with Crippen molar-refractivity contribution >= 4 is 39.2 Å². The van der Waals surface area contributed by atoms with Gasteiger partial charge in [-0.15, -0.1) is 0 Å². The number of nitro benzene ring substituents is 1. The minimum absolute atomic E-state index is 0.0255. The maximum atomic E-state index is 12.3. The van der Waals surface area contributed by atoms with Gasteiger partial charge in [0, 0.05) is 22.4 Å². The number of esters is 1. The number of hydrogen-bond donors (Lipinski definition) is 1. The summed E-state index contributed by atoms with van der Waals surface area (Å²) in [6.07, 6.45) is 0. The molecule has 4 aromatic rings. The lowest BCUT2D eigenvalue weighted by molar-refractivity contribution is -0.385. The van der Waals surface area contributed by atoms with E-state index in [0.29, 0.717) is 5.69 Å². The molecule has 33 heavy (non-hydrogen) atoms. The van der Waals surface area contributed by atoms with Gasteiger partial charge in [0.2, 0.25) is 0 Å². The summed E-state index contributed by atoms with van der Waals surface area (Å²) >= 11 is 0. The maximum Gasteiger partial charge on any atom is 0.325 e. The van der Waals surface area contributed by atoms with E-state index in [9.17, 15) is 19.7 Å². The first-order valence-corrected chi connectivity index (χ1v) is 10.0. The van der Waals surface area contributed by atoms with Gasteiger partial charge in [0.1, 0.15) is 13.2 Å². The minimum atomic E-state index is -0.662. The van der Waals surface area contributed by atoms with E-state index >= 15 is 0 Å². The smallest absolute Gasteiger partial charge is 0.325 e. The Morgan fingerprint density at radius 2 is 1.70 bits per heavy atom. The molecule has 0 bridgehead atoms. The van der Waals surface area contributed by atoms with E-state index in [0.717, 1.165) is 27.7 Å². The molecule has 0 fully saturated rings. The van der Waals surface area contributed by atoms with Crippen molar-refractivity contribution in [2.45, 2.75) is 6.61 Å². The fourth-order valence-electron chi connectivity index (χ4n) is 3.51. The highest BCUT2D eigenvalue weighted by molar-refractivity contribution is 6.06. The first kappa shape index (κ1) is 21.7. The molecule has 4 rings (SSSR count). The molecule has 0 aliphatic carbocycles. The van der Waals surface area contributed by atoms with Crippen molar-refractivity contribution < 1.29 is 24.0 Å². The van der Waals surface area contributed by atoms with Crippen molar-refractivity contribution in [2.75, 3.05) is 13.7 Å². The van der Waals surface area contributed by atoms with E-state index in [1.54, 1.807) is 0 Å². The first-order valence-electron chi connectivity index (χ1n) is 10.0. The summed E-state index contributed by atoms with van der Waals surface area (Å²) in [4.78, 5) is 39.7. The number of fused-ring (bicyclic) bond motifs is 3. The molecule has 9 heteroatoms. The number of methoxy groups -OCH3 is 1. The number of pyridine rings is 1. The molecule has 0 saturated heterocycles. The predicted molar refractivity (Wildman–Crippen MR) is 121 cm³/mol. The molecule has 1 N–H and O–H groups in total. The predicted octanol–water partition coefficient (Wildman–Crippen LogP) is 3.78. The molecule has 0 saturated carbocycles. The van der Waals surface area contributed by atoms with Gasteiger partial charge in [-0.3, -0.25) is 19.7 Å². The number of para-hydroxylation sites is 1. The highest BCUT2D eigenvalue weighted by Crippen LogP contribution is 2.28. The Labute approximate surface area is 188 Å². The van der Waals surface area contributed by atoms with Crippen LogP contribution in [0.3, 0.4) is 0 Å². The SMILES string of the molecule is COc1ccc(C(=O)NCC(=O)OCc2nc3ccccc3c3ccccc23)cc1[N+](=O)[O-].